The van der Waals surface area contributed by atoms with Crippen molar-refractivity contribution in [3.05, 3.63) is 0 Å². The molecule has 38 heavy (non-hydrogen) atoms. The minimum absolute atomic E-state index is 0.0176. The molecule has 0 aromatic heterocycles. The monoisotopic (exact) mass is 542 g/mol. The molecule has 0 amide bonds. The number of Topliss-reactive ketones (excluding diaryl/α,β-unsaturated/α-hetero) is 2. The molecule has 0 saturated heterocycles. The molecule has 0 rings (SSSR count). The molecule has 7 nitrogen and oxygen atoms in total. The Labute approximate surface area is 232 Å². The Kier molecular flexibility index (Phi) is 22.8. The van der Waals surface area contributed by atoms with Crippen LogP contribution in [0.25, 0.3) is 0 Å². The highest BCUT2D eigenvalue weighted by Gasteiger charge is 2.53. The summed E-state index contributed by atoms with van der Waals surface area (Å²) in [5, 5.41) is 32.4. The molecule has 0 aliphatic carbocycles. The minimum atomic E-state index is -2.66. The smallest absolute Gasteiger partial charge is 0.306 e. The van der Waals surface area contributed by atoms with E-state index in [-0.39, 0.29) is 19.3 Å². The van der Waals surface area contributed by atoms with Crippen molar-refractivity contribution in [2.24, 2.45) is 0 Å². The van der Waals surface area contributed by atoms with Gasteiger partial charge >= 0.3 is 5.97 Å². The van der Waals surface area contributed by atoms with Crippen LogP contribution in [0.4, 0.5) is 0 Å². The van der Waals surface area contributed by atoms with Gasteiger partial charge in [-0.15, -0.1) is 0 Å². The largest absolute Gasteiger partial charge is 0.456 e. The van der Waals surface area contributed by atoms with Crippen molar-refractivity contribution in [2.45, 2.75) is 173 Å². The fraction of sp³-hybridized carbons (Fsp3) is 0.903. The van der Waals surface area contributed by atoms with Crippen LogP contribution in [0.15, 0.2) is 0 Å². The number of esters is 1. The van der Waals surface area contributed by atoms with Gasteiger partial charge in [-0.05, 0) is 19.3 Å². The van der Waals surface area contributed by atoms with Gasteiger partial charge in [0.25, 0.3) is 0 Å². The summed E-state index contributed by atoms with van der Waals surface area (Å²) < 4.78 is 5.34. The van der Waals surface area contributed by atoms with Crippen molar-refractivity contribution in [3.63, 3.8) is 0 Å². The molecule has 0 aromatic carbocycles. The summed E-state index contributed by atoms with van der Waals surface area (Å²) in [4.78, 5) is 38.6. The van der Waals surface area contributed by atoms with Gasteiger partial charge in [0.2, 0.25) is 0 Å². The second-order valence-electron chi connectivity index (χ2n) is 10.8. The maximum absolute atomic E-state index is 13.2. The number of aliphatic hydroxyl groups excluding tert-OH is 2. The van der Waals surface area contributed by atoms with Gasteiger partial charge in [0.1, 0.15) is 0 Å². The van der Waals surface area contributed by atoms with E-state index >= 15 is 0 Å². The molecular weight excluding hydrogens is 484 g/mol. The summed E-state index contributed by atoms with van der Waals surface area (Å²) in [6.45, 7) is 5.52. The van der Waals surface area contributed by atoms with Gasteiger partial charge < -0.3 is 20.1 Å². The highest BCUT2D eigenvalue weighted by Crippen LogP contribution is 2.26. The van der Waals surface area contributed by atoms with Crippen LogP contribution >= 0.6 is 0 Å². The summed E-state index contributed by atoms with van der Waals surface area (Å²) in [5.74, 6) is -2.08. The molecule has 3 unspecified atom stereocenters. The Bertz CT molecular complexity index is 621. The van der Waals surface area contributed by atoms with E-state index in [4.69, 9.17) is 4.74 Å². The zero-order valence-electron chi connectivity index (χ0n) is 24.7. The Morgan fingerprint density at radius 3 is 1.47 bits per heavy atom. The maximum atomic E-state index is 13.2. The number of ketones is 2. The Morgan fingerprint density at radius 2 is 1.03 bits per heavy atom. The van der Waals surface area contributed by atoms with Crippen molar-refractivity contribution < 1.29 is 34.4 Å². The first kappa shape index (κ1) is 36.7. The van der Waals surface area contributed by atoms with Gasteiger partial charge in [-0.25, -0.2) is 0 Å². The van der Waals surface area contributed by atoms with E-state index < -0.39 is 42.0 Å². The summed E-state index contributed by atoms with van der Waals surface area (Å²) >= 11 is 0. The average Bonchev–Trinajstić information content (AvgIpc) is 2.91. The van der Waals surface area contributed by atoms with Crippen molar-refractivity contribution in [1.29, 1.82) is 0 Å². The molecule has 0 aliphatic heterocycles. The van der Waals surface area contributed by atoms with Crippen molar-refractivity contribution >= 4 is 17.5 Å². The molecule has 0 fully saturated rings. The topological polar surface area (TPSA) is 121 Å². The van der Waals surface area contributed by atoms with Crippen molar-refractivity contribution in [3.8, 4) is 0 Å². The lowest BCUT2D eigenvalue weighted by atomic mass is 9.80. The number of carbonyl (C=O) groups excluding carboxylic acids is 3. The number of hydrogen-bond donors (Lipinski definition) is 3. The molecule has 0 heterocycles. The van der Waals surface area contributed by atoms with Crippen molar-refractivity contribution in [1.82, 2.24) is 0 Å². The first-order chi connectivity index (χ1) is 18.3. The minimum Gasteiger partial charge on any atom is -0.456 e. The third-order valence-corrected chi connectivity index (χ3v) is 7.37. The normalized spacial score (nSPS) is 14.6. The molecule has 7 heteroatoms. The number of unbranched alkanes of at least 4 members (excludes halogenated alkanes) is 15. The SMILES string of the molecule is CCCCCCCCC(=O)OC(CO)C(O)(C(=O)CCCCCCCC)C(O)C(=O)CCCCCCCC. The van der Waals surface area contributed by atoms with E-state index in [2.05, 4.69) is 20.8 Å². The van der Waals surface area contributed by atoms with Gasteiger partial charge in [0.15, 0.2) is 29.4 Å². The van der Waals surface area contributed by atoms with Gasteiger partial charge in [-0.1, -0.05) is 117 Å². The Hall–Kier alpha value is -1.31. The second-order valence-corrected chi connectivity index (χ2v) is 10.8. The van der Waals surface area contributed by atoms with Crippen LogP contribution in [0.3, 0.4) is 0 Å². The predicted octanol–water partition coefficient (Wildman–Crippen LogP) is 6.37. The van der Waals surface area contributed by atoms with Gasteiger partial charge in [-0.2, -0.15) is 0 Å². The lowest BCUT2D eigenvalue weighted by Gasteiger charge is -2.36. The lowest BCUT2D eigenvalue weighted by Crippen LogP contribution is -2.63. The molecular formula is C31H58O7. The summed E-state index contributed by atoms with van der Waals surface area (Å²) in [6.07, 6.45) is 13.3. The van der Waals surface area contributed by atoms with Crippen LogP contribution < -0.4 is 0 Å². The zero-order valence-corrected chi connectivity index (χ0v) is 24.7. The number of hydrogen-bond acceptors (Lipinski definition) is 7. The highest BCUT2D eigenvalue weighted by atomic mass is 16.6. The fourth-order valence-corrected chi connectivity index (χ4v) is 4.77. The number of carbonyl (C=O) groups is 3. The maximum Gasteiger partial charge on any atom is 0.306 e. The Balaban J connectivity index is 5.24. The third-order valence-electron chi connectivity index (χ3n) is 7.37. The van der Waals surface area contributed by atoms with Crippen LogP contribution in [-0.2, 0) is 19.1 Å². The third kappa shape index (κ3) is 15.3. The number of ether oxygens (including phenoxy) is 1. The molecule has 224 valence electrons. The van der Waals surface area contributed by atoms with E-state index in [1.54, 1.807) is 0 Å². The van der Waals surface area contributed by atoms with Crippen molar-refractivity contribution in [2.75, 3.05) is 6.61 Å². The molecule has 3 N–H and O–H groups in total. The average molecular weight is 543 g/mol. The molecule has 0 aliphatic rings. The van der Waals surface area contributed by atoms with Crippen LogP contribution in [-0.4, -0.2) is 57.3 Å². The molecule has 0 aromatic rings. The number of aliphatic hydroxyl groups is 3. The second kappa shape index (κ2) is 23.6. The summed E-state index contributed by atoms with van der Waals surface area (Å²) in [6, 6.07) is 0. The zero-order chi connectivity index (χ0) is 28.7. The lowest BCUT2D eigenvalue weighted by molar-refractivity contribution is -0.196. The Morgan fingerprint density at radius 1 is 0.632 bits per heavy atom. The van der Waals surface area contributed by atoms with E-state index in [9.17, 15) is 29.7 Å². The van der Waals surface area contributed by atoms with Crippen LogP contribution in [0.1, 0.15) is 156 Å². The number of rotatable bonds is 27. The standard InChI is InChI=1S/C31H58O7/c1-4-7-10-13-16-19-22-26(33)30(36)31(37,27(34)23-20-17-14-11-8-5-2)28(25-32)38-29(35)24-21-18-15-12-9-6-3/h28,30,32,36-37H,4-25H2,1-3H3. The molecule has 0 spiro atoms. The highest BCUT2D eigenvalue weighted by molar-refractivity contribution is 5.97. The van der Waals surface area contributed by atoms with E-state index in [0.717, 1.165) is 96.3 Å². The summed E-state index contributed by atoms with van der Waals surface area (Å²) in [7, 11) is 0. The van der Waals surface area contributed by atoms with E-state index in [0.29, 0.717) is 19.3 Å². The molecule has 0 bridgehead atoms. The summed E-state index contributed by atoms with van der Waals surface area (Å²) in [5.41, 5.74) is -2.66. The van der Waals surface area contributed by atoms with Crippen LogP contribution in [0, 0.1) is 0 Å². The quantitative estimate of drug-likeness (QED) is 0.0814. The van der Waals surface area contributed by atoms with Crippen LogP contribution in [0.5, 0.6) is 0 Å². The molecule has 0 saturated carbocycles. The van der Waals surface area contributed by atoms with Gasteiger partial charge in [-0.3, -0.25) is 14.4 Å². The predicted molar refractivity (Wildman–Crippen MR) is 152 cm³/mol. The van der Waals surface area contributed by atoms with E-state index in [1.807, 2.05) is 0 Å². The first-order valence-corrected chi connectivity index (χ1v) is 15.6. The fourth-order valence-electron chi connectivity index (χ4n) is 4.77. The van der Waals surface area contributed by atoms with Gasteiger partial charge in [0, 0.05) is 19.3 Å². The van der Waals surface area contributed by atoms with Crippen LogP contribution in [0.2, 0.25) is 0 Å². The molecule has 3 atom stereocenters. The van der Waals surface area contributed by atoms with Gasteiger partial charge in [0.05, 0.1) is 6.61 Å². The van der Waals surface area contributed by atoms with E-state index in [1.165, 1.54) is 0 Å². The molecule has 0 radical (unpaired) electrons. The first-order valence-electron chi connectivity index (χ1n) is 15.6.